The molecule has 4 heterocycles. The molecule has 0 atom stereocenters. The molecule has 0 bridgehead atoms. The van der Waals surface area contributed by atoms with Gasteiger partial charge in [-0.3, -0.25) is 4.90 Å². The number of sulfone groups is 1. The average molecular weight is 562 g/mol. The Balaban J connectivity index is 1.29. The topological polar surface area (TPSA) is 103 Å². The number of hydrogen-bond donors (Lipinski definition) is 0. The lowest BCUT2D eigenvalue weighted by Crippen LogP contribution is -2.47. The van der Waals surface area contributed by atoms with Gasteiger partial charge in [0.15, 0.2) is 15.5 Å². The van der Waals surface area contributed by atoms with Crippen LogP contribution in [-0.2, 0) is 16.3 Å². The minimum absolute atomic E-state index is 0.00245. The van der Waals surface area contributed by atoms with E-state index in [2.05, 4.69) is 14.8 Å². The Morgan fingerprint density at radius 3 is 2.41 bits per heavy atom. The SMILES string of the molecule is Cc1cc(-n2nc(CCC3(N4CCS(=O)(=O)CC4)CC3)c3ccc(-c4ccc(OC(F)(F)F)cc4)nc32)on1. The first-order valence-electron chi connectivity index (χ1n) is 12.6. The van der Waals surface area contributed by atoms with E-state index in [0.717, 1.165) is 30.3 Å². The Morgan fingerprint density at radius 1 is 1.08 bits per heavy atom. The molecule has 2 aliphatic rings. The van der Waals surface area contributed by atoms with Gasteiger partial charge in [0.1, 0.15) is 5.75 Å². The van der Waals surface area contributed by atoms with Crippen molar-refractivity contribution in [1.82, 2.24) is 24.8 Å². The summed E-state index contributed by atoms with van der Waals surface area (Å²) in [6.45, 7) is 2.93. The Bertz CT molecular complexity index is 1610. The van der Waals surface area contributed by atoms with Crippen molar-refractivity contribution < 1.29 is 30.8 Å². The highest BCUT2D eigenvalue weighted by Crippen LogP contribution is 2.46. The van der Waals surface area contributed by atoms with Gasteiger partial charge in [0, 0.05) is 35.6 Å². The molecule has 0 unspecified atom stereocenters. The van der Waals surface area contributed by atoms with Gasteiger partial charge in [-0.2, -0.15) is 9.78 Å². The highest BCUT2D eigenvalue weighted by Gasteiger charge is 2.48. The molecule has 39 heavy (non-hydrogen) atoms. The zero-order chi connectivity index (χ0) is 27.4. The number of fused-ring (bicyclic) bond motifs is 1. The smallest absolute Gasteiger partial charge is 0.406 e. The molecule has 1 aliphatic heterocycles. The molecule has 3 aromatic heterocycles. The zero-order valence-corrected chi connectivity index (χ0v) is 21.9. The fraction of sp³-hybridized carbons (Fsp3) is 0.423. The maximum atomic E-state index is 12.5. The predicted octanol–water partition coefficient (Wildman–Crippen LogP) is 4.48. The van der Waals surface area contributed by atoms with Crippen molar-refractivity contribution in [3.63, 3.8) is 0 Å². The van der Waals surface area contributed by atoms with Gasteiger partial charge in [-0.25, -0.2) is 13.4 Å². The minimum atomic E-state index is -4.76. The van der Waals surface area contributed by atoms with Crippen molar-refractivity contribution in [2.45, 2.75) is 44.5 Å². The van der Waals surface area contributed by atoms with Gasteiger partial charge < -0.3 is 9.26 Å². The van der Waals surface area contributed by atoms with Crippen LogP contribution in [0.3, 0.4) is 0 Å². The zero-order valence-electron chi connectivity index (χ0n) is 21.1. The molecular formula is C26H26F3N5O4S. The quantitative estimate of drug-likeness (QED) is 0.326. The van der Waals surface area contributed by atoms with Crippen molar-refractivity contribution in [2.24, 2.45) is 0 Å². The van der Waals surface area contributed by atoms with Gasteiger partial charge in [0.25, 0.3) is 5.88 Å². The lowest BCUT2D eigenvalue weighted by Gasteiger charge is -2.34. The number of hydrogen-bond acceptors (Lipinski definition) is 8. The van der Waals surface area contributed by atoms with Crippen molar-refractivity contribution in [3.8, 4) is 22.9 Å². The lowest BCUT2D eigenvalue weighted by atomic mass is 10.0. The molecular weight excluding hydrogens is 535 g/mol. The molecule has 13 heteroatoms. The molecule has 4 aromatic rings. The molecule has 0 spiro atoms. The summed E-state index contributed by atoms with van der Waals surface area (Å²) < 4.78 is 72.5. The summed E-state index contributed by atoms with van der Waals surface area (Å²) in [5.41, 5.74) is 3.24. The van der Waals surface area contributed by atoms with E-state index in [1.165, 1.54) is 24.3 Å². The second-order valence-electron chi connectivity index (χ2n) is 10.2. The molecule has 1 aromatic carbocycles. The van der Waals surface area contributed by atoms with Crippen molar-refractivity contribution in [3.05, 3.63) is 53.9 Å². The van der Waals surface area contributed by atoms with Gasteiger partial charge in [-0.05, 0) is 69.0 Å². The lowest BCUT2D eigenvalue weighted by molar-refractivity contribution is -0.274. The van der Waals surface area contributed by atoms with Crippen molar-refractivity contribution in [1.29, 1.82) is 0 Å². The summed E-state index contributed by atoms with van der Waals surface area (Å²) in [4.78, 5) is 7.11. The largest absolute Gasteiger partial charge is 0.573 e. The van der Waals surface area contributed by atoms with E-state index in [4.69, 9.17) is 14.6 Å². The summed E-state index contributed by atoms with van der Waals surface area (Å²) in [5, 5.41) is 9.63. The molecule has 6 rings (SSSR count). The number of nitrogens with zero attached hydrogens (tertiary/aromatic N) is 5. The summed E-state index contributed by atoms with van der Waals surface area (Å²) in [7, 11) is -2.95. The van der Waals surface area contributed by atoms with E-state index in [-0.39, 0.29) is 22.8 Å². The van der Waals surface area contributed by atoms with E-state index in [1.807, 2.05) is 12.1 Å². The van der Waals surface area contributed by atoms with Crippen molar-refractivity contribution >= 4 is 20.9 Å². The molecule has 0 amide bonds. The van der Waals surface area contributed by atoms with Crippen LogP contribution in [0.2, 0.25) is 0 Å². The Labute approximate surface area is 222 Å². The van der Waals surface area contributed by atoms with E-state index < -0.39 is 16.2 Å². The third-order valence-corrected chi connectivity index (χ3v) is 9.09. The van der Waals surface area contributed by atoms with Gasteiger partial charge in [-0.15, -0.1) is 13.2 Å². The highest BCUT2D eigenvalue weighted by atomic mass is 32.2. The number of halogens is 3. The Hall–Kier alpha value is -3.45. The van der Waals surface area contributed by atoms with Gasteiger partial charge >= 0.3 is 6.36 Å². The van der Waals surface area contributed by atoms with Crippen LogP contribution in [0.25, 0.3) is 28.2 Å². The van der Waals surface area contributed by atoms with Crippen LogP contribution in [0.4, 0.5) is 13.2 Å². The summed E-state index contributed by atoms with van der Waals surface area (Å²) >= 11 is 0. The van der Waals surface area contributed by atoms with E-state index in [9.17, 15) is 21.6 Å². The fourth-order valence-corrected chi connectivity index (χ4v) is 6.44. The van der Waals surface area contributed by atoms with E-state index >= 15 is 0 Å². The molecule has 1 saturated heterocycles. The van der Waals surface area contributed by atoms with Crippen LogP contribution >= 0.6 is 0 Å². The van der Waals surface area contributed by atoms with Gasteiger partial charge in [0.05, 0.1) is 28.6 Å². The van der Waals surface area contributed by atoms with E-state index in [0.29, 0.717) is 48.0 Å². The molecule has 1 saturated carbocycles. The van der Waals surface area contributed by atoms with E-state index in [1.54, 1.807) is 17.7 Å². The molecule has 2 fully saturated rings. The first-order valence-corrected chi connectivity index (χ1v) is 14.5. The fourth-order valence-electron chi connectivity index (χ4n) is 5.24. The number of pyridine rings is 1. The summed E-state index contributed by atoms with van der Waals surface area (Å²) in [5.74, 6) is 0.502. The summed E-state index contributed by atoms with van der Waals surface area (Å²) in [6.07, 6.45) is -1.18. The number of ether oxygens (including phenoxy) is 1. The first kappa shape index (κ1) is 25.8. The van der Waals surface area contributed by atoms with Crippen molar-refractivity contribution in [2.75, 3.05) is 24.6 Å². The van der Waals surface area contributed by atoms with Crippen LogP contribution in [0.1, 0.15) is 30.7 Å². The Kier molecular flexibility index (Phi) is 6.18. The number of aromatic nitrogens is 4. The van der Waals surface area contributed by atoms with Crippen LogP contribution in [0.5, 0.6) is 5.75 Å². The number of aryl methyl sites for hydroxylation is 2. The van der Waals surface area contributed by atoms with Crippen LogP contribution in [0, 0.1) is 6.92 Å². The van der Waals surface area contributed by atoms with Crippen LogP contribution in [-0.4, -0.2) is 69.7 Å². The monoisotopic (exact) mass is 561 g/mol. The second-order valence-corrected chi connectivity index (χ2v) is 12.5. The number of benzene rings is 1. The standard InChI is InChI=1S/C26H26F3N5O4S/c1-17-16-23(38-32-17)34-24-20(6-7-21(30-24)18-2-4-19(5-3-18)37-26(27,28)29)22(31-34)8-9-25(10-11-25)33-12-14-39(35,36)15-13-33/h2-7,16H,8-15H2,1H3. The average Bonchev–Trinajstić information content (AvgIpc) is 3.40. The highest BCUT2D eigenvalue weighted by molar-refractivity contribution is 7.91. The minimum Gasteiger partial charge on any atom is -0.406 e. The molecule has 9 nitrogen and oxygen atoms in total. The third-order valence-electron chi connectivity index (χ3n) is 7.48. The molecule has 1 aliphatic carbocycles. The molecule has 206 valence electrons. The summed E-state index contributed by atoms with van der Waals surface area (Å²) in [6, 6.07) is 11.0. The normalized spacial score (nSPS) is 18.9. The maximum Gasteiger partial charge on any atom is 0.573 e. The second kappa shape index (κ2) is 9.33. The Morgan fingerprint density at radius 2 is 1.79 bits per heavy atom. The maximum absolute atomic E-state index is 12.5. The van der Waals surface area contributed by atoms with Gasteiger partial charge in [-0.1, -0.05) is 5.16 Å². The third kappa shape index (κ3) is 5.37. The molecule has 0 N–H and O–H groups in total. The number of alkyl halides is 3. The van der Waals surface area contributed by atoms with Gasteiger partial charge in [0.2, 0.25) is 0 Å². The van der Waals surface area contributed by atoms with Crippen LogP contribution in [0.15, 0.2) is 47.0 Å². The molecule has 0 radical (unpaired) electrons. The first-order chi connectivity index (χ1) is 18.5. The number of rotatable bonds is 7. The predicted molar refractivity (Wildman–Crippen MR) is 136 cm³/mol. The van der Waals surface area contributed by atoms with Crippen LogP contribution < -0.4 is 4.74 Å².